The van der Waals surface area contributed by atoms with E-state index in [0.717, 1.165) is 0 Å². The lowest BCUT2D eigenvalue weighted by Crippen LogP contribution is -2.52. The molecule has 0 aliphatic carbocycles. The number of amides is 2. The summed E-state index contributed by atoms with van der Waals surface area (Å²) in [5.41, 5.74) is -0.486. The van der Waals surface area contributed by atoms with Crippen molar-refractivity contribution >= 4 is 22.0 Å². The van der Waals surface area contributed by atoms with Crippen LogP contribution in [0.25, 0.3) is 0 Å². The summed E-state index contributed by atoms with van der Waals surface area (Å²) in [6, 6.07) is 3.50. The second-order valence-electron chi connectivity index (χ2n) is 8.16. The van der Waals surface area contributed by atoms with E-state index in [4.69, 9.17) is 18.9 Å². The first-order valence-electron chi connectivity index (χ1n) is 10.1. The fraction of sp³-hybridized carbons (Fsp3) is 0.600. The van der Waals surface area contributed by atoms with Gasteiger partial charge in [0.2, 0.25) is 10.0 Å². The number of sulfonamides is 1. The van der Waals surface area contributed by atoms with E-state index in [1.165, 1.54) is 25.3 Å². The minimum absolute atomic E-state index is 0.0353. The van der Waals surface area contributed by atoms with E-state index in [0.29, 0.717) is 0 Å². The van der Waals surface area contributed by atoms with Crippen molar-refractivity contribution in [2.75, 3.05) is 20.2 Å². The zero-order valence-electron chi connectivity index (χ0n) is 19.1. The van der Waals surface area contributed by atoms with Gasteiger partial charge >= 0.3 is 6.09 Å². The van der Waals surface area contributed by atoms with Gasteiger partial charge in [0.25, 0.3) is 5.91 Å². The summed E-state index contributed by atoms with van der Waals surface area (Å²) in [5.74, 6) is -0.368. The predicted molar refractivity (Wildman–Crippen MR) is 115 cm³/mol. The van der Waals surface area contributed by atoms with Crippen molar-refractivity contribution in [1.82, 2.24) is 15.4 Å². The maximum atomic E-state index is 12.6. The van der Waals surface area contributed by atoms with Crippen LogP contribution in [0.15, 0.2) is 23.1 Å². The van der Waals surface area contributed by atoms with Crippen molar-refractivity contribution < 1.29 is 37.0 Å². The fourth-order valence-corrected chi connectivity index (χ4v) is 3.80. The second kappa shape index (κ2) is 10.5. The number of carbonyl (C=O) groups excluding carboxylic acids is 2. The van der Waals surface area contributed by atoms with Crippen molar-refractivity contribution in [3.05, 3.63) is 23.8 Å². The summed E-state index contributed by atoms with van der Waals surface area (Å²) in [6.45, 7) is 8.63. The monoisotopic (exact) mass is 473 g/mol. The van der Waals surface area contributed by atoms with Crippen molar-refractivity contribution in [3.63, 3.8) is 0 Å². The van der Waals surface area contributed by atoms with Gasteiger partial charge in [-0.1, -0.05) is 0 Å². The van der Waals surface area contributed by atoms with E-state index in [1.807, 2.05) is 0 Å². The molecule has 1 aromatic rings. The van der Waals surface area contributed by atoms with Gasteiger partial charge < -0.3 is 29.6 Å². The van der Waals surface area contributed by atoms with Crippen LogP contribution in [0.5, 0.6) is 5.75 Å². The van der Waals surface area contributed by atoms with Crippen LogP contribution in [0.1, 0.15) is 45.0 Å². The van der Waals surface area contributed by atoms with Crippen LogP contribution >= 0.6 is 0 Å². The molecule has 11 nitrogen and oxygen atoms in total. The lowest BCUT2D eigenvalue weighted by atomic mass is 10.1. The zero-order chi connectivity index (χ0) is 24.1. The average molecular weight is 474 g/mol. The Balaban J connectivity index is 1.96. The van der Waals surface area contributed by atoms with Crippen LogP contribution in [0.4, 0.5) is 4.79 Å². The first-order chi connectivity index (χ1) is 14.8. The highest BCUT2D eigenvalue weighted by atomic mass is 32.2. The summed E-state index contributed by atoms with van der Waals surface area (Å²) in [5, 5.41) is 5.20. The molecule has 1 aromatic carbocycles. The molecule has 0 saturated carbocycles. The van der Waals surface area contributed by atoms with Crippen LogP contribution in [0.2, 0.25) is 0 Å². The van der Waals surface area contributed by atoms with Crippen molar-refractivity contribution in [3.8, 4) is 5.75 Å². The summed E-state index contributed by atoms with van der Waals surface area (Å²) >= 11 is 0. The van der Waals surface area contributed by atoms with E-state index >= 15 is 0 Å². The third kappa shape index (κ3) is 7.33. The van der Waals surface area contributed by atoms with Gasteiger partial charge in [-0.15, -0.1) is 0 Å². The van der Waals surface area contributed by atoms with E-state index in [2.05, 4.69) is 15.4 Å². The molecule has 0 bridgehead atoms. The van der Waals surface area contributed by atoms with Crippen LogP contribution in [-0.2, 0) is 24.2 Å². The molecule has 0 radical (unpaired) electrons. The highest BCUT2D eigenvalue weighted by Crippen LogP contribution is 2.24. The van der Waals surface area contributed by atoms with Gasteiger partial charge in [0.05, 0.1) is 23.6 Å². The number of nitrogens with one attached hydrogen (secondary N) is 3. The molecule has 2 amide bonds. The Morgan fingerprint density at radius 2 is 1.84 bits per heavy atom. The zero-order valence-corrected chi connectivity index (χ0v) is 19.9. The number of ether oxygens (including phenoxy) is 4. The minimum Gasteiger partial charge on any atom is -0.496 e. The Labute approximate surface area is 188 Å². The maximum absolute atomic E-state index is 12.6. The molecule has 32 heavy (non-hydrogen) atoms. The Morgan fingerprint density at radius 1 is 1.19 bits per heavy atom. The van der Waals surface area contributed by atoms with Gasteiger partial charge in [0.1, 0.15) is 11.4 Å². The van der Waals surface area contributed by atoms with Crippen LogP contribution in [0.3, 0.4) is 0 Å². The molecule has 180 valence electrons. The first kappa shape index (κ1) is 25.8. The van der Waals surface area contributed by atoms with Crippen molar-refractivity contribution in [2.24, 2.45) is 0 Å². The molecule has 2 rings (SSSR count). The van der Waals surface area contributed by atoms with Crippen molar-refractivity contribution in [2.45, 2.75) is 63.7 Å². The molecule has 1 heterocycles. The molecular weight excluding hydrogens is 442 g/mol. The first-order valence-corrected chi connectivity index (χ1v) is 11.6. The largest absolute Gasteiger partial charge is 0.496 e. The smallest absolute Gasteiger partial charge is 0.407 e. The third-order valence-electron chi connectivity index (χ3n) is 4.23. The molecular formula is C20H31N3O8S. The lowest BCUT2D eigenvalue weighted by Gasteiger charge is -2.37. The van der Waals surface area contributed by atoms with Gasteiger partial charge in [-0.3, -0.25) is 4.79 Å². The Bertz CT molecular complexity index is 923. The van der Waals surface area contributed by atoms with E-state index in [1.54, 1.807) is 34.6 Å². The quantitative estimate of drug-likeness (QED) is 0.456. The number of hydrogen-bond donors (Lipinski definition) is 3. The standard InChI is InChI=1S/C20H31N3O8S/c1-12(18-29-13(2)30-18)23-17(24)15-8-7-14(11-16(15)28-6)32(26,27)22-10-9-21-19(25)31-20(3,4)5/h7-8,11-13,18,22H,9-10H2,1-6H3,(H,21,25)(H,23,24). The number of methoxy groups -OCH3 is 1. The second-order valence-corrected chi connectivity index (χ2v) is 9.93. The van der Waals surface area contributed by atoms with E-state index in [-0.39, 0.29) is 35.6 Å². The Kier molecular flexibility index (Phi) is 8.46. The van der Waals surface area contributed by atoms with Gasteiger partial charge in [-0.25, -0.2) is 17.9 Å². The van der Waals surface area contributed by atoms with Crippen LogP contribution < -0.4 is 20.1 Å². The molecule has 1 saturated heterocycles. The third-order valence-corrected chi connectivity index (χ3v) is 5.69. The number of hydrogen-bond acceptors (Lipinski definition) is 8. The summed E-state index contributed by atoms with van der Waals surface area (Å²) in [4.78, 5) is 24.1. The molecule has 1 aliphatic heterocycles. The summed E-state index contributed by atoms with van der Waals surface area (Å²) < 4.78 is 48.5. The molecule has 3 N–H and O–H groups in total. The molecule has 0 aromatic heterocycles. The molecule has 1 aliphatic rings. The highest BCUT2D eigenvalue weighted by Gasteiger charge is 2.33. The summed E-state index contributed by atoms with van der Waals surface area (Å²) in [7, 11) is -2.56. The number of alkyl carbamates (subject to hydrolysis) is 1. The van der Waals surface area contributed by atoms with E-state index < -0.39 is 40.0 Å². The molecule has 1 unspecified atom stereocenters. The molecule has 0 spiro atoms. The predicted octanol–water partition coefficient (Wildman–Crippen LogP) is 1.34. The molecule has 12 heteroatoms. The van der Waals surface area contributed by atoms with Gasteiger partial charge in [-0.2, -0.15) is 0 Å². The highest BCUT2D eigenvalue weighted by molar-refractivity contribution is 7.89. The average Bonchev–Trinajstić information content (AvgIpc) is 2.66. The van der Waals surface area contributed by atoms with Crippen LogP contribution in [0, 0.1) is 0 Å². The maximum Gasteiger partial charge on any atom is 0.407 e. The Morgan fingerprint density at radius 3 is 2.41 bits per heavy atom. The fourth-order valence-electron chi connectivity index (χ4n) is 2.75. The van der Waals surface area contributed by atoms with Crippen LogP contribution in [-0.4, -0.2) is 64.8 Å². The van der Waals surface area contributed by atoms with Crippen molar-refractivity contribution in [1.29, 1.82) is 0 Å². The molecule has 1 atom stereocenters. The van der Waals surface area contributed by atoms with Gasteiger partial charge in [0, 0.05) is 19.2 Å². The molecule has 1 fully saturated rings. The van der Waals surface area contributed by atoms with Gasteiger partial charge in [-0.05, 0) is 46.8 Å². The number of rotatable bonds is 9. The van der Waals surface area contributed by atoms with E-state index in [9.17, 15) is 18.0 Å². The minimum atomic E-state index is -3.90. The summed E-state index contributed by atoms with van der Waals surface area (Å²) in [6.07, 6.45) is -1.50. The normalized spacial score (nSPS) is 19.4. The Hall–Kier alpha value is -2.41. The number of benzene rings is 1. The topological polar surface area (TPSA) is 141 Å². The SMILES string of the molecule is COc1cc(S(=O)(=O)NCCNC(=O)OC(C)(C)C)ccc1C(=O)NC(C)C1OC(C)O1. The van der Waals surface area contributed by atoms with Gasteiger partial charge in [0.15, 0.2) is 12.6 Å². The lowest BCUT2D eigenvalue weighted by molar-refractivity contribution is -0.381. The number of carbonyl (C=O) groups is 2.